The van der Waals surface area contributed by atoms with Crippen LogP contribution < -0.4 is 9.26 Å². The van der Waals surface area contributed by atoms with Gasteiger partial charge >= 0.3 is 13.8 Å². The van der Waals surface area contributed by atoms with Gasteiger partial charge in [0.2, 0.25) is 0 Å². The maximum Gasteiger partial charge on any atom is 0.530 e. The van der Waals surface area contributed by atoms with Gasteiger partial charge in [-0.1, -0.05) is 131 Å². The first kappa shape index (κ1) is 53.9. The van der Waals surface area contributed by atoms with Crippen molar-refractivity contribution in [1.29, 1.82) is 0 Å². The van der Waals surface area contributed by atoms with E-state index >= 15 is 0 Å². The van der Waals surface area contributed by atoms with Crippen molar-refractivity contribution >= 4 is 24.6 Å². The fourth-order valence-electron chi connectivity index (χ4n) is 7.50. The number of allylic oxidation sites excluding steroid dienone is 13. The third-order valence-corrected chi connectivity index (χ3v) is 12.9. The fraction of sp³-hybridized carbons (Fsp3) is 0.456. The van der Waals surface area contributed by atoms with Gasteiger partial charge in [0.25, 0.3) is 0 Å². The lowest BCUT2D eigenvalue weighted by atomic mass is 9.97. The van der Waals surface area contributed by atoms with Crippen LogP contribution in [0.1, 0.15) is 168 Å². The van der Waals surface area contributed by atoms with Crippen LogP contribution in [0.4, 0.5) is 0 Å². The first-order valence-electron chi connectivity index (χ1n) is 23.6. The number of phosphoric acid groups is 1. The largest absolute Gasteiger partial charge is 0.530 e. The summed E-state index contributed by atoms with van der Waals surface area (Å²) in [6, 6.07) is 16.4. The molecule has 0 heterocycles. The minimum absolute atomic E-state index is 0.0853. The van der Waals surface area contributed by atoms with Crippen molar-refractivity contribution in [1.82, 2.24) is 0 Å². The Morgan fingerprint density at radius 3 is 1.36 bits per heavy atom. The van der Waals surface area contributed by atoms with Crippen LogP contribution in [0.3, 0.4) is 0 Å². The molecule has 0 aliphatic heterocycles. The number of rotatable bonds is 28. The summed E-state index contributed by atoms with van der Waals surface area (Å²) in [5.41, 5.74) is 11.8. The molecule has 3 aromatic rings. The van der Waals surface area contributed by atoms with E-state index < -0.39 is 13.8 Å². The number of carbonyl (C=O) groups excluding carboxylic acids is 1. The Labute approximate surface area is 387 Å². The van der Waals surface area contributed by atoms with Crippen molar-refractivity contribution in [2.24, 2.45) is 0 Å². The molecule has 0 saturated carbocycles. The standard InChI is InChI=1S/C57H79O6P/c1-12-52-50(11)55(62-57(58)51-37-15-14-16-38-51)53-39-17-18-40-54(53)56(52)63-64(59,60-13-2)61-42-41-49(10)36-24-35-48(9)34-23-33-47(8)32-22-31-46(7)30-21-29-45(6)28-20-27-44(5)26-19-25-43(3)4/h14-18,25,27,29,31,33,35,37-41H,12-13,19-24,26,28,30,32,34,36,42H2,1-11H3. The normalized spacial score (nSPS) is 14.2. The lowest BCUT2D eigenvalue weighted by Gasteiger charge is -2.23. The van der Waals surface area contributed by atoms with Crippen molar-refractivity contribution in [3.05, 3.63) is 153 Å². The monoisotopic (exact) mass is 891 g/mol. The molecule has 0 fully saturated rings. The Balaban J connectivity index is 1.45. The van der Waals surface area contributed by atoms with E-state index in [-0.39, 0.29) is 13.2 Å². The van der Waals surface area contributed by atoms with Crippen molar-refractivity contribution in [2.75, 3.05) is 13.2 Å². The minimum atomic E-state index is -4.02. The van der Waals surface area contributed by atoms with Crippen molar-refractivity contribution in [3.63, 3.8) is 0 Å². The van der Waals surface area contributed by atoms with Gasteiger partial charge in [0.1, 0.15) is 11.5 Å². The molecule has 0 aliphatic carbocycles. The first-order valence-corrected chi connectivity index (χ1v) is 25.1. The quantitative estimate of drug-likeness (QED) is 0.0313. The van der Waals surface area contributed by atoms with Gasteiger partial charge in [0.05, 0.1) is 18.8 Å². The average Bonchev–Trinajstić information content (AvgIpc) is 3.25. The van der Waals surface area contributed by atoms with Crippen LogP contribution in [0.2, 0.25) is 0 Å². The Hall–Kier alpha value is -4.48. The molecule has 0 amide bonds. The molecule has 7 heteroatoms. The maximum absolute atomic E-state index is 14.1. The van der Waals surface area contributed by atoms with E-state index in [0.29, 0.717) is 34.3 Å². The van der Waals surface area contributed by atoms with E-state index in [2.05, 4.69) is 91.8 Å². The third-order valence-electron chi connectivity index (χ3n) is 11.4. The van der Waals surface area contributed by atoms with E-state index in [9.17, 15) is 9.36 Å². The summed E-state index contributed by atoms with van der Waals surface area (Å²) in [6.07, 6.45) is 29.8. The molecular formula is C57H79O6P. The molecule has 1 atom stereocenters. The summed E-state index contributed by atoms with van der Waals surface area (Å²) >= 11 is 0. The van der Waals surface area contributed by atoms with Crippen molar-refractivity contribution in [2.45, 2.75) is 160 Å². The second-order valence-electron chi connectivity index (χ2n) is 17.5. The summed E-state index contributed by atoms with van der Waals surface area (Å²) in [6.45, 7) is 23.5. The third kappa shape index (κ3) is 19.7. The summed E-state index contributed by atoms with van der Waals surface area (Å²) in [5.74, 6) is 0.406. The number of esters is 1. The highest BCUT2D eigenvalue weighted by Gasteiger charge is 2.31. The Kier molecular flexibility index (Phi) is 24.5. The predicted octanol–water partition coefficient (Wildman–Crippen LogP) is 17.8. The number of carbonyl (C=O) groups is 1. The zero-order valence-corrected chi connectivity index (χ0v) is 42.1. The number of fused-ring (bicyclic) bond motifs is 1. The number of hydrogen-bond donors (Lipinski definition) is 0. The number of ether oxygens (including phenoxy) is 1. The zero-order chi connectivity index (χ0) is 46.9. The molecule has 0 aliphatic rings. The van der Waals surface area contributed by atoms with Gasteiger partial charge in [0, 0.05) is 16.3 Å². The van der Waals surface area contributed by atoms with Crippen LogP contribution in [0.5, 0.6) is 11.5 Å². The van der Waals surface area contributed by atoms with E-state index in [1.807, 2.05) is 50.3 Å². The van der Waals surface area contributed by atoms with Crippen LogP contribution in [-0.2, 0) is 20.0 Å². The predicted molar refractivity (Wildman–Crippen MR) is 273 cm³/mol. The van der Waals surface area contributed by atoms with Gasteiger partial charge in [-0.3, -0.25) is 9.05 Å². The van der Waals surface area contributed by atoms with Crippen molar-refractivity contribution < 1.29 is 27.7 Å². The van der Waals surface area contributed by atoms with Gasteiger partial charge in [-0.25, -0.2) is 9.36 Å². The first-order chi connectivity index (χ1) is 30.7. The Morgan fingerprint density at radius 2 is 0.938 bits per heavy atom. The second kappa shape index (κ2) is 29.1. The van der Waals surface area contributed by atoms with Crippen LogP contribution in [0, 0.1) is 6.92 Å². The van der Waals surface area contributed by atoms with E-state index in [1.54, 1.807) is 31.2 Å². The molecule has 3 aromatic carbocycles. The summed E-state index contributed by atoms with van der Waals surface area (Å²) < 4.78 is 37.9. The fourth-order valence-corrected chi connectivity index (χ4v) is 8.69. The van der Waals surface area contributed by atoms with Crippen LogP contribution in [0.15, 0.2) is 136 Å². The molecule has 0 bridgehead atoms. The SMILES string of the molecule is CCOP(=O)(OCC=C(C)CCC=C(C)CCC=C(C)CCC=C(C)CCC=C(C)CCC=C(C)CCC=C(C)C)Oc1c(CC)c(C)c(OC(=O)c2ccccc2)c2ccccc12. The van der Waals surface area contributed by atoms with Gasteiger partial charge in [-0.05, 0) is 170 Å². The molecular weight excluding hydrogens is 812 g/mol. The summed E-state index contributed by atoms with van der Waals surface area (Å²) in [5, 5.41) is 1.33. The van der Waals surface area contributed by atoms with Crippen molar-refractivity contribution in [3.8, 4) is 11.5 Å². The highest BCUT2D eigenvalue weighted by molar-refractivity contribution is 7.49. The van der Waals surface area contributed by atoms with Gasteiger partial charge < -0.3 is 9.26 Å². The maximum atomic E-state index is 14.1. The topological polar surface area (TPSA) is 71.1 Å². The lowest BCUT2D eigenvalue weighted by molar-refractivity contribution is 0.0735. The van der Waals surface area contributed by atoms with Gasteiger partial charge in [-0.2, -0.15) is 0 Å². The molecule has 0 aromatic heterocycles. The van der Waals surface area contributed by atoms with E-state index in [4.69, 9.17) is 18.3 Å². The van der Waals surface area contributed by atoms with Crippen LogP contribution >= 0.6 is 7.82 Å². The highest BCUT2D eigenvalue weighted by atomic mass is 31.2. The van der Waals surface area contributed by atoms with Gasteiger partial charge in [-0.15, -0.1) is 0 Å². The zero-order valence-electron chi connectivity index (χ0n) is 41.2. The molecule has 64 heavy (non-hydrogen) atoms. The highest BCUT2D eigenvalue weighted by Crippen LogP contribution is 2.53. The molecule has 6 nitrogen and oxygen atoms in total. The van der Waals surface area contributed by atoms with Crippen LogP contribution in [-0.4, -0.2) is 19.2 Å². The lowest BCUT2D eigenvalue weighted by Crippen LogP contribution is -2.11. The minimum Gasteiger partial charge on any atom is -0.422 e. The smallest absolute Gasteiger partial charge is 0.422 e. The molecule has 0 spiro atoms. The molecule has 348 valence electrons. The molecule has 0 N–H and O–H groups in total. The summed E-state index contributed by atoms with van der Waals surface area (Å²) in [4.78, 5) is 13.1. The van der Waals surface area contributed by atoms with Gasteiger partial charge in [0.15, 0.2) is 0 Å². The Bertz CT molecular complexity index is 2210. The summed E-state index contributed by atoms with van der Waals surface area (Å²) in [7, 11) is -4.02. The van der Waals surface area contributed by atoms with E-state index in [1.165, 1.54) is 39.9 Å². The second-order valence-corrected chi connectivity index (χ2v) is 19.1. The number of phosphoric ester groups is 1. The molecule has 0 radical (unpaired) electrons. The molecule has 1 unspecified atom stereocenters. The van der Waals surface area contributed by atoms with Crippen LogP contribution in [0.25, 0.3) is 10.8 Å². The molecule has 3 rings (SSSR count). The molecule has 0 saturated heterocycles. The number of hydrogen-bond acceptors (Lipinski definition) is 6. The average molecular weight is 891 g/mol. The Morgan fingerprint density at radius 1 is 0.531 bits per heavy atom. The van der Waals surface area contributed by atoms with E-state index in [0.717, 1.165) is 87.3 Å². The number of benzene rings is 3.